The molecule has 1 saturated carbocycles. The van der Waals surface area contributed by atoms with E-state index in [9.17, 15) is 14.4 Å². The van der Waals surface area contributed by atoms with Gasteiger partial charge in [0, 0.05) is 34.9 Å². The van der Waals surface area contributed by atoms with Crippen LogP contribution >= 0.6 is 23.2 Å². The van der Waals surface area contributed by atoms with E-state index in [-0.39, 0.29) is 23.8 Å². The summed E-state index contributed by atoms with van der Waals surface area (Å²) >= 11 is 12.3. The Balaban J connectivity index is 1.28. The maximum Gasteiger partial charge on any atom is 0.246 e. The Bertz CT molecular complexity index is 1220. The Morgan fingerprint density at radius 3 is 2.46 bits per heavy atom. The third kappa shape index (κ3) is 5.30. The van der Waals surface area contributed by atoms with E-state index in [1.165, 1.54) is 6.42 Å². The summed E-state index contributed by atoms with van der Waals surface area (Å²) in [7, 11) is 0. The van der Waals surface area contributed by atoms with Crippen LogP contribution in [0.15, 0.2) is 30.4 Å². The Kier molecular flexibility index (Phi) is 8.13. The molecular formula is C31H40Cl2N4O4. The van der Waals surface area contributed by atoms with Gasteiger partial charge in [-0.3, -0.25) is 14.4 Å². The van der Waals surface area contributed by atoms with E-state index in [1.54, 1.807) is 23.1 Å². The number of hydrogen-bond acceptors (Lipinski definition) is 5. The van der Waals surface area contributed by atoms with Crippen LogP contribution in [-0.4, -0.2) is 77.5 Å². The minimum Gasteiger partial charge on any atom is -0.359 e. The molecule has 3 amide bonds. The molecule has 10 heteroatoms. The standard InChI is InChI=1S/C31H40Cl2N4O4/c1-18-7-6-8-23(19(18)2)35-29(39)27-31-10-9-24(41-31)25(28(38)34-22-16-20(32)15-21(33)17-22)26(31)30(40)37(27)14-13-36-11-4-3-5-12-36/h9-10,15-19,23-27H,3-8,11-14H2,1-2H3,(H,34,38)(H,35,39)/t18-,19+,23+,24+,25-,26+,27+,31+/m1/s1. The van der Waals surface area contributed by atoms with E-state index in [0.717, 1.165) is 45.2 Å². The van der Waals surface area contributed by atoms with Crippen LogP contribution in [0.4, 0.5) is 5.69 Å². The topological polar surface area (TPSA) is 91.0 Å². The third-order valence-electron chi connectivity index (χ3n) is 10.2. The number of halogens is 2. The van der Waals surface area contributed by atoms with E-state index < -0.39 is 29.6 Å². The minimum absolute atomic E-state index is 0.0509. The van der Waals surface area contributed by atoms with Crippen LogP contribution in [0.2, 0.25) is 10.0 Å². The predicted octanol–water partition coefficient (Wildman–Crippen LogP) is 4.51. The lowest BCUT2D eigenvalue weighted by molar-refractivity contribution is -0.142. The molecule has 1 aromatic rings. The largest absolute Gasteiger partial charge is 0.359 e. The Morgan fingerprint density at radius 1 is 1.00 bits per heavy atom. The Morgan fingerprint density at radius 2 is 1.73 bits per heavy atom. The summed E-state index contributed by atoms with van der Waals surface area (Å²) in [5.41, 5.74) is -0.721. The van der Waals surface area contributed by atoms with E-state index in [1.807, 2.05) is 12.2 Å². The zero-order valence-electron chi connectivity index (χ0n) is 23.8. The average Bonchev–Trinajstić information content (AvgIpc) is 3.57. The van der Waals surface area contributed by atoms with E-state index in [0.29, 0.717) is 40.7 Å². The fourth-order valence-corrected chi connectivity index (χ4v) is 8.36. The van der Waals surface area contributed by atoms with Crippen molar-refractivity contribution < 1.29 is 19.1 Å². The van der Waals surface area contributed by atoms with Gasteiger partial charge >= 0.3 is 0 Å². The molecule has 41 heavy (non-hydrogen) atoms. The van der Waals surface area contributed by atoms with Crippen molar-refractivity contribution in [2.45, 2.75) is 76.2 Å². The summed E-state index contributed by atoms with van der Waals surface area (Å²) in [5.74, 6) is -1.40. The molecule has 4 aliphatic heterocycles. The molecule has 1 aliphatic carbocycles. The second-order valence-corrected chi connectivity index (χ2v) is 13.5. The number of nitrogens with one attached hydrogen (secondary N) is 2. The number of rotatable bonds is 7. The second kappa shape index (κ2) is 11.5. The summed E-state index contributed by atoms with van der Waals surface area (Å²) in [4.78, 5) is 46.2. The maximum absolute atomic E-state index is 14.2. The van der Waals surface area contributed by atoms with Gasteiger partial charge in [0.2, 0.25) is 17.7 Å². The van der Waals surface area contributed by atoms with Gasteiger partial charge in [0.05, 0.1) is 17.9 Å². The molecule has 3 saturated heterocycles. The number of carbonyl (C=O) groups excluding carboxylic acids is 3. The number of amides is 3. The minimum atomic E-state index is -1.18. The average molecular weight is 604 g/mol. The number of hydrogen-bond donors (Lipinski definition) is 2. The van der Waals surface area contributed by atoms with Crippen LogP contribution in [0.3, 0.4) is 0 Å². The molecule has 4 fully saturated rings. The SMILES string of the molecule is C[C@H]1[C@H](C)CCC[C@@H]1NC(=O)[C@@H]1N(CCN2CCCCC2)C(=O)[C@@H]2[C@H](C(=O)Nc3cc(Cl)cc(Cl)c3)[C@@H]3C=C[C@]21O3. The highest BCUT2D eigenvalue weighted by atomic mass is 35.5. The maximum atomic E-state index is 14.2. The number of ether oxygens (including phenoxy) is 1. The first-order valence-electron chi connectivity index (χ1n) is 15.2. The van der Waals surface area contributed by atoms with Crippen LogP contribution in [0.5, 0.6) is 0 Å². The fourth-order valence-electron chi connectivity index (χ4n) is 7.84. The number of anilines is 1. The molecule has 8 nitrogen and oxygen atoms in total. The second-order valence-electron chi connectivity index (χ2n) is 12.7. The molecule has 5 aliphatic rings. The monoisotopic (exact) mass is 602 g/mol. The van der Waals surface area contributed by atoms with Crippen molar-refractivity contribution >= 4 is 46.6 Å². The van der Waals surface area contributed by atoms with Gasteiger partial charge in [0.25, 0.3) is 0 Å². The lowest BCUT2D eigenvalue weighted by Crippen LogP contribution is -2.58. The predicted molar refractivity (Wildman–Crippen MR) is 159 cm³/mol. The molecule has 0 unspecified atom stereocenters. The highest BCUT2D eigenvalue weighted by molar-refractivity contribution is 6.35. The van der Waals surface area contributed by atoms with Crippen LogP contribution in [0, 0.1) is 23.7 Å². The zero-order valence-corrected chi connectivity index (χ0v) is 25.3. The third-order valence-corrected chi connectivity index (χ3v) is 10.6. The van der Waals surface area contributed by atoms with Crippen molar-refractivity contribution in [2.75, 3.05) is 31.5 Å². The van der Waals surface area contributed by atoms with Crippen molar-refractivity contribution in [2.24, 2.45) is 23.7 Å². The van der Waals surface area contributed by atoms with Gasteiger partial charge in [-0.2, -0.15) is 0 Å². The van der Waals surface area contributed by atoms with Crippen molar-refractivity contribution in [3.63, 3.8) is 0 Å². The molecule has 2 N–H and O–H groups in total. The first kappa shape index (κ1) is 29.0. The summed E-state index contributed by atoms with van der Waals surface area (Å²) < 4.78 is 6.51. The first-order chi connectivity index (χ1) is 19.7. The molecule has 6 rings (SSSR count). The number of fused-ring (bicyclic) bond motifs is 1. The molecule has 8 atom stereocenters. The molecule has 0 radical (unpaired) electrons. The highest BCUT2D eigenvalue weighted by Gasteiger charge is 2.72. The number of benzene rings is 1. The molecule has 1 aromatic carbocycles. The van der Waals surface area contributed by atoms with Gasteiger partial charge in [-0.15, -0.1) is 0 Å². The van der Waals surface area contributed by atoms with Gasteiger partial charge in [0.15, 0.2) is 0 Å². The molecule has 4 heterocycles. The Labute approximate surface area is 252 Å². The molecule has 2 bridgehead atoms. The van der Waals surface area contributed by atoms with Crippen molar-refractivity contribution in [1.82, 2.24) is 15.1 Å². The van der Waals surface area contributed by atoms with Crippen LogP contribution in [0.25, 0.3) is 0 Å². The number of nitrogens with zero attached hydrogens (tertiary/aromatic N) is 2. The summed E-state index contributed by atoms with van der Waals surface area (Å²) in [6.07, 6.45) is 9.79. The zero-order chi connectivity index (χ0) is 28.9. The summed E-state index contributed by atoms with van der Waals surface area (Å²) in [6, 6.07) is 4.06. The van der Waals surface area contributed by atoms with Crippen LogP contribution in [-0.2, 0) is 19.1 Å². The lowest BCUT2D eigenvalue weighted by Gasteiger charge is -2.38. The van der Waals surface area contributed by atoms with Crippen molar-refractivity contribution in [3.8, 4) is 0 Å². The molecule has 0 aromatic heterocycles. The van der Waals surface area contributed by atoms with Gasteiger partial charge in [-0.25, -0.2) is 0 Å². The summed E-state index contributed by atoms with van der Waals surface area (Å²) in [5, 5.41) is 7.02. The van der Waals surface area contributed by atoms with Gasteiger partial charge in [-0.1, -0.05) is 68.5 Å². The van der Waals surface area contributed by atoms with Crippen molar-refractivity contribution in [3.05, 3.63) is 40.4 Å². The van der Waals surface area contributed by atoms with Gasteiger partial charge in [-0.05, 0) is 62.4 Å². The number of piperidine rings is 1. The number of carbonyl (C=O) groups is 3. The van der Waals surface area contributed by atoms with Crippen molar-refractivity contribution in [1.29, 1.82) is 0 Å². The smallest absolute Gasteiger partial charge is 0.246 e. The highest BCUT2D eigenvalue weighted by Crippen LogP contribution is 2.55. The van der Waals surface area contributed by atoms with Crippen LogP contribution in [0.1, 0.15) is 52.4 Å². The molecule has 222 valence electrons. The summed E-state index contributed by atoms with van der Waals surface area (Å²) in [6.45, 7) is 7.55. The molecule has 1 spiro atoms. The first-order valence-corrected chi connectivity index (χ1v) is 15.9. The van der Waals surface area contributed by atoms with Crippen LogP contribution < -0.4 is 10.6 Å². The Hall–Kier alpha value is -2.13. The number of likely N-dealkylation sites (tertiary alicyclic amines) is 2. The van der Waals surface area contributed by atoms with E-state index in [4.69, 9.17) is 27.9 Å². The van der Waals surface area contributed by atoms with E-state index >= 15 is 0 Å². The molecular weight excluding hydrogens is 563 g/mol. The van der Waals surface area contributed by atoms with Gasteiger partial charge in [0.1, 0.15) is 11.6 Å². The fraction of sp³-hybridized carbons (Fsp3) is 0.645. The van der Waals surface area contributed by atoms with Gasteiger partial charge < -0.3 is 25.2 Å². The normalized spacial score (nSPS) is 36.4. The quantitative estimate of drug-likeness (QED) is 0.448. The van der Waals surface area contributed by atoms with E-state index in [2.05, 4.69) is 29.4 Å². The lowest BCUT2D eigenvalue weighted by atomic mass is 9.73.